The van der Waals surface area contributed by atoms with Gasteiger partial charge in [-0.05, 0) is 31.2 Å². The second-order valence-electron chi connectivity index (χ2n) is 5.88. The molecule has 0 atom stereocenters. The highest BCUT2D eigenvalue weighted by atomic mass is 35.5. The maximum Gasteiger partial charge on any atom is 0.154 e. The number of nitrogens with one attached hydrogen (secondary N) is 1. The predicted molar refractivity (Wildman–Crippen MR) is 78.3 cm³/mol. The summed E-state index contributed by atoms with van der Waals surface area (Å²) in [5, 5.41) is 3.61. The zero-order valence-corrected chi connectivity index (χ0v) is 11.8. The second-order valence-corrected chi connectivity index (χ2v) is 5.88. The summed E-state index contributed by atoms with van der Waals surface area (Å²) in [4.78, 5) is 12.0. The Kier molecular flexibility index (Phi) is 4.00. The second kappa shape index (κ2) is 5.23. The molecule has 2 bridgehead atoms. The summed E-state index contributed by atoms with van der Waals surface area (Å²) in [6, 6.07) is 10.4. The molecule has 3 saturated carbocycles. The van der Waals surface area contributed by atoms with Crippen LogP contribution in [0.15, 0.2) is 30.3 Å². The molecule has 4 rings (SSSR count). The summed E-state index contributed by atoms with van der Waals surface area (Å²) in [5.74, 6) is 0.251. The van der Waals surface area contributed by atoms with E-state index in [0.29, 0.717) is 6.42 Å². The molecule has 1 aromatic carbocycles. The smallest absolute Gasteiger partial charge is 0.154 e. The molecule has 3 nitrogen and oxygen atoms in total. The molecule has 0 saturated heterocycles. The van der Waals surface area contributed by atoms with Gasteiger partial charge < -0.3 is 11.1 Å². The minimum atomic E-state index is -0.504. The summed E-state index contributed by atoms with van der Waals surface area (Å²) in [6.07, 6.45) is 4.35. The first-order chi connectivity index (χ1) is 8.62. The molecule has 19 heavy (non-hydrogen) atoms. The summed E-state index contributed by atoms with van der Waals surface area (Å²) < 4.78 is 0. The Morgan fingerprint density at radius 3 is 2.32 bits per heavy atom. The van der Waals surface area contributed by atoms with Crippen molar-refractivity contribution in [3.63, 3.8) is 0 Å². The first-order valence-corrected chi connectivity index (χ1v) is 6.73. The Morgan fingerprint density at radius 2 is 1.74 bits per heavy atom. The van der Waals surface area contributed by atoms with E-state index in [4.69, 9.17) is 5.73 Å². The van der Waals surface area contributed by atoms with Crippen LogP contribution in [0.3, 0.4) is 0 Å². The van der Waals surface area contributed by atoms with Gasteiger partial charge in [-0.2, -0.15) is 0 Å². The number of Topliss-reactive ketones (excluding diaryl/α,β-unsaturated/α-hetero) is 1. The molecule has 0 spiro atoms. The summed E-state index contributed by atoms with van der Waals surface area (Å²) in [6.45, 7) is 0.839. The van der Waals surface area contributed by atoms with Crippen molar-refractivity contribution in [3.05, 3.63) is 35.9 Å². The van der Waals surface area contributed by atoms with Crippen molar-refractivity contribution >= 4 is 18.2 Å². The van der Waals surface area contributed by atoms with Crippen molar-refractivity contribution in [2.24, 2.45) is 5.73 Å². The minimum absolute atomic E-state index is 0. The van der Waals surface area contributed by atoms with Gasteiger partial charge in [0.2, 0.25) is 0 Å². The van der Waals surface area contributed by atoms with Gasteiger partial charge in [0.15, 0.2) is 5.78 Å². The summed E-state index contributed by atoms with van der Waals surface area (Å²) in [7, 11) is 0. The van der Waals surface area contributed by atoms with Crippen molar-refractivity contribution in [1.29, 1.82) is 0 Å². The van der Waals surface area contributed by atoms with Gasteiger partial charge in [-0.1, -0.05) is 30.3 Å². The molecule has 4 heteroatoms. The summed E-state index contributed by atoms with van der Waals surface area (Å²) in [5.41, 5.74) is 6.91. The number of carbonyl (C=O) groups is 1. The third-order valence-corrected chi connectivity index (χ3v) is 4.66. The van der Waals surface area contributed by atoms with Crippen LogP contribution in [-0.4, -0.2) is 16.9 Å². The fourth-order valence-electron chi connectivity index (χ4n) is 3.24. The van der Waals surface area contributed by atoms with E-state index in [0.717, 1.165) is 32.2 Å². The van der Waals surface area contributed by atoms with Crippen molar-refractivity contribution < 1.29 is 4.79 Å². The van der Waals surface area contributed by atoms with Crippen molar-refractivity contribution in [1.82, 2.24) is 5.32 Å². The highest BCUT2D eigenvalue weighted by Gasteiger charge is 2.51. The normalized spacial score (nSPS) is 33.0. The van der Waals surface area contributed by atoms with Gasteiger partial charge in [0, 0.05) is 18.5 Å². The molecule has 0 radical (unpaired) electrons. The van der Waals surface area contributed by atoms with E-state index in [1.54, 1.807) is 0 Å². The third kappa shape index (κ3) is 2.69. The lowest BCUT2D eigenvalue weighted by Crippen LogP contribution is -2.65. The molecule has 0 heterocycles. The molecular weight excluding hydrogens is 260 g/mol. The van der Waals surface area contributed by atoms with Crippen LogP contribution in [0.1, 0.15) is 37.7 Å². The van der Waals surface area contributed by atoms with Crippen LogP contribution in [0.4, 0.5) is 0 Å². The SMILES string of the molecule is Cl.NC12CCC(NCc3ccccc3)(CC1)CC2=O. The number of hydrogen-bond donors (Lipinski definition) is 2. The van der Waals surface area contributed by atoms with Gasteiger partial charge in [-0.25, -0.2) is 0 Å². The van der Waals surface area contributed by atoms with E-state index in [-0.39, 0.29) is 23.7 Å². The maximum absolute atomic E-state index is 12.0. The predicted octanol–water partition coefficient (Wildman–Crippen LogP) is 2.18. The average Bonchev–Trinajstić information content (AvgIpc) is 2.40. The number of halogens is 1. The molecule has 3 fully saturated rings. The Balaban J connectivity index is 0.00000133. The van der Waals surface area contributed by atoms with E-state index < -0.39 is 5.54 Å². The van der Waals surface area contributed by atoms with Crippen LogP contribution in [0.25, 0.3) is 0 Å². The molecule has 0 amide bonds. The van der Waals surface area contributed by atoms with E-state index in [1.165, 1.54) is 5.56 Å². The van der Waals surface area contributed by atoms with Gasteiger partial charge >= 0.3 is 0 Å². The number of benzene rings is 1. The van der Waals surface area contributed by atoms with Crippen molar-refractivity contribution in [2.75, 3.05) is 0 Å². The highest BCUT2D eigenvalue weighted by molar-refractivity contribution is 5.91. The van der Waals surface area contributed by atoms with Crippen LogP contribution >= 0.6 is 12.4 Å². The Morgan fingerprint density at radius 1 is 1.11 bits per heavy atom. The Bertz CT molecular complexity index is 452. The molecule has 0 unspecified atom stereocenters. The van der Waals surface area contributed by atoms with Crippen molar-refractivity contribution in [2.45, 2.75) is 49.7 Å². The lowest BCUT2D eigenvalue weighted by atomic mass is 9.61. The van der Waals surface area contributed by atoms with E-state index >= 15 is 0 Å². The quantitative estimate of drug-likeness (QED) is 0.892. The Hall–Kier alpha value is -0.900. The number of ketones is 1. The average molecular weight is 281 g/mol. The molecule has 1 aromatic rings. The number of nitrogens with two attached hydrogens (primary N) is 1. The van der Waals surface area contributed by atoms with Crippen LogP contribution in [0.5, 0.6) is 0 Å². The van der Waals surface area contributed by atoms with Gasteiger partial charge in [0.25, 0.3) is 0 Å². The molecule has 0 aromatic heterocycles. The fraction of sp³-hybridized carbons (Fsp3) is 0.533. The van der Waals surface area contributed by atoms with E-state index in [1.807, 2.05) is 18.2 Å². The lowest BCUT2D eigenvalue weighted by Gasteiger charge is -2.51. The highest BCUT2D eigenvalue weighted by Crippen LogP contribution is 2.43. The number of fused-ring (bicyclic) bond motifs is 3. The van der Waals surface area contributed by atoms with Gasteiger partial charge in [-0.15, -0.1) is 12.4 Å². The maximum atomic E-state index is 12.0. The third-order valence-electron chi connectivity index (χ3n) is 4.66. The zero-order chi connectivity index (χ0) is 12.6. The fourth-order valence-corrected chi connectivity index (χ4v) is 3.24. The van der Waals surface area contributed by atoms with E-state index in [9.17, 15) is 4.79 Å². The van der Waals surface area contributed by atoms with Gasteiger partial charge in [0.1, 0.15) is 0 Å². The first-order valence-electron chi connectivity index (χ1n) is 6.73. The van der Waals surface area contributed by atoms with Crippen LogP contribution in [-0.2, 0) is 11.3 Å². The van der Waals surface area contributed by atoms with E-state index in [2.05, 4.69) is 17.4 Å². The molecular formula is C15H21ClN2O. The van der Waals surface area contributed by atoms with Gasteiger partial charge in [-0.3, -0.25) is 4.79 Å². The molecule has 3 aliphatic carbocycles. The standard InChI is InChI=1S/C15H20N2O.ClH/c16-15-8-6-14(7-9-15,10-13(15)18)17-11-12-4-2-1-3-5-12;/h1-5,17H,6-11,16H2;1H. The van der Waals surface area contributed by atoms with Crippen LogP contribution in [0.2, 0.25) is 0 Å². The largest absolute Gasteiger partial charge is 0.319 e. The minimum Gasteiger partial charge on any atom is -0.319 e. The van der Waals surface area contributed by atoms with Crippen LogP contribution in [0, 0.1) is 0 Å². The molecule has 3 aliphatic rings. The summed E-state index contributed by atoms with van der Waals surface area (Å²) >= 11 is 0. The van der Waals surface area contributed by atoms with Crippen molar-refractivity contribution in [3.8, 4) is 0 Å². The molecule has 0 aliphatic heterocycles. The van der Waals surface area contributed by atoms with Crippen LogP contribution < -0.4 is 11.1 Å². The topological polar surface area (TPSA) is 55.1 Å². The Labute approximate surface area is 120 Å². The number of rotatable bonds is 3. The number of hydrogen-bond acceptors (Lipinski definition) is 3. The zero-order valence-electron chi connectivity index (χ0n) is 11.0. The molecule has 3 N–H and O–H groups in total. The first kappa shape index (κ1) is 14.5. The van der Waals surface area contributed by atoms with Gasteiger partial charge in [0.05, 0.1) is 5.54 Å². The molecule has 104 valence electrons. The monoisotopic (exact) mass is 280 g/mol. The number of carbonyl (C=O) groups excluding carboxylic acids is 1. The lowest BCUT2D eigenvalue weighted by molar-refractivity contribution is -0.133.